The predicted octanol–water partition coefficient (Wildman–Crippen LogP) is 5.83. The van der Waals surface area contributed by atoms with Crippen LogP contribution in [0.15, 0.2) is 46.9 Å². The van der Waals surface area contributed by atoms with Gasteiger partial charge in [-0.15, -0.1) is 0 Å². The summed E-state index contributed by atoms with van der Waals surface area (Å²) in [5.41, 5.74) is 0.334. The van der Waals surface area contributed by atoms with E-state index in [1.807, 2.05) is 27.7 Å². The predicted molar refractivity (Wildman–Crippen MR) is 110 cm³/mol. The molecular weight excluding hydrogens is 376 g/mol. The van der Waals surface area contributed by atoms with Crippen molar-refractivity contribution >= 4 is 23.2 Å². The fourth-order valence-corrected chi connectivity index (χ4v) is 4.62. The highest BCUT2D eigenvalue weighted by Gasteiger charge is 2.43. The fourth-order valence-electron chi connectivity index (χ4n) is 4.42. The molecule has 4 nitrogen and oxygen atoms in total. The molecule has 0 bridgehead atoms. The van der Waals surface area contributed by atoms with Gasteiger partial charge in [0.1, 0.15) is 11.5 Å². The molecule has 0 amide bonds. The van der Waals surface area contributed by atoms with Crippen molar-refractivity contribution < 1.29 is 19.8 Å². The Bertz CT molecular complexity index is 853. The minimum absolute atomic E-state index is 0.0100. The van der Waals surface area contributed by atoms with E-state index < -0.39 is 5.92 Å². The average molecular weight is 403 g/mol. The third-order valence-corrected chi connectivity index (χ3v) is 5.79. The van der Waals surface area contributed by atoms with E-state index in [4.69, 9.17) is 11.6 Å². The Labute approximate surface area is 170 Å². The number of hydrogen-bond donors (Lipinski definition) is 2. The molecule has 0 aliphatic heterocycles. The van der Waals surface area contributed by atoms with E-state index in [0.717, 1.165) is 0 Å². The number of aliphatic hydroxyl groups is 2. The van der Waals surface area contributed by atoms with Crippen molar-refractivity contribution in [2.24, 2.45) is 10.8 Å². The van der Waals surface area contributed by atoms with Crippen LogP contribution in [0.2, 0.25) is 5.02 Å². The molecule has 0 unspecified atom stereocenters. The maximum Gasteiger partial charge on any atom is 0.163 e. The first-order valence-corrected chi connectivity index (χ1v) is 9.94. The maximum absolute atomic E-state index is 13.0. The van der Waals surface area contributed by atoms with E-state index in [-0.39, 0.29) is 57.9 Å². The van der Waals surface area contributed by atoms with Crippen molar-refractivity contribution in [2.45, 2.75) is 59.3 Å². The van der Waals surface area contributed by atoms with Gasteiger partial charge in [0.2, 0.25) is 0 Å². The summed E-state index contributed by atoms with van der Waals surface area (Å²) in [6.07, 6.45) is 1.24. The van der Waals surface area contributed by atoms with Crippen LogP contribution in [0.3, 0.4) is 0 Å². The van der Waals surface area contributed by atoms with Gasteiger partial charge >= 0.3 is 0 Å². The monoisotopic (exact) mass is 402 g/mol. The molecule has 0 aromatic heterocycles. The Kier molecular flexibility index (Phi) is 5.22. The normalized spacial score (nSPS) is 22.2. The van der Waals surface area contributed by atoms with Gasteiger partial charge in [0, 0.05) is 47.8 Å². The molecular formula is C23H27ClO4. The maximum atomic E-state index is 13.0. The lowest BCUT2D eigenvalue weighted by Crippen LogP contribution is -2.33. The number of benzene rings is 1. The van der Waals surface area contributed by atoms with Gasteiger partial charge in [0.05, 0.1) is 0 Å². The van der Waals surface area contributed by atoms with Crippen LogP contribution in [0.5, 0.6) is 0 Å². The first-order valence-electron chi connectivity index (χ1n) is 9.56. The van der Waals surface area contributed by atoms with Gasteiger partial charge in [-0.25, -0.2) is 0 Å². The van der Waals surface area contributed by atoms with E-state index in [2.05, 4.69) is 0 Å². The number of hydrogen-bond acceptors (Lipinski definition) is 4. The Hall–Kier alpha value is -2.07. The lowest BCUT2D eigenvalue weighted by atomic mass is 9.67. The van der Waals surface area contributed by atoms with Crippen LogP contribution in [0, 0.1) is 10.8 Å². The van der Waals surface area contributed by atoms with Gasteiger partial charge in [0.15, 0.2) is 11.6 Å². The number of ketones is 2. The molecule has 5 heteroatoms. The van der Waals surface area contributed by atoms with Crippen LogP contribution in [0.4, 0.5) is 0 Å². The summed E-state index contributed by atoms with van der Waals surface area (Å²) in [4.78, 5) is 26.1. The molecule has 1 aromatic carbocycles. The molecule has 3 rings (SSSR count). The number of carbonyl (C=O) groups excluding carboxylic acids is 2. The van der Waals surface area contributed by atoms with Gasteiger partial charge in [0.25, 0.3) is 0 Å². The first kappa shape index (κ1) is 20.7. The molecule has 0 saturated carbocycles. The van der Waals surface area contributed by atoms with E-state index in [0.29, 0.717) is 23.4 Å². The van der Waals surface area contributed by atoms with E-state index >= 15 is 0 Å². The van der Waals surface area contributed by atoms with Crippen molar-refractivity contribution in [3.63, 3.8) is 0 Å². The molecule has 28 heavy (non-hydrogen) atoms. The summed E-state index contributed by atoms with van der Waals surface area (Å²) in [6.45, 7) is 7.71. The Morgan fingerprint density at radius 1 is 0.857 bits per heavy atom. The molecule has 150 valence electrons. The standard InChI is InChI=1S/C23H27ClO4/c1-22(2)9-15(25)20(16(26)10-22)19(13-6-5-7-14(24)8-13)21-17(27)11-23(3,4)12-18(21)28/h5-8,19,25,27H,9-12H2,1-4H3. The average Bonchev–Trinajstić information content (AvgIpc) is 2.49. The molecule has 0 spiro atoms. The molecule has 2 aliphatic rings. The summed E-state index contributed by atoms with van der Waals surface area (Å²) in [7, 11) is 0. The van der Waals surface area contributed by atoms with Gasteiger partial charge in [-0.1, -0.05) is 51.4 Å². The van der Waals surface area contributed by atoms with Crippen LogP contribution in [-0.4, -0.2) is 21.8 Å². The third kappa shape index (κ3) is 4.02. The molecule has 0 fully saturated rings. The zero-order chi connectivity index (χ0) is 20.9. The van der Waals surface area contributed by atoms with Crippen molar-refractivity contribution in [2.75, 3.05) is 0 Å². The lowest BCUT2D eigenvalue weighted by molar-refractivity contribution is -0.119. The van der Waals surface area contributed by atoms with Crippen LogP contribution in [0.25, 0.3) is 0 Å². The van der Waals surface area contributed by atoms with E-state index in [1.165, 1.54) is 0 Å². The minimum Gasteiger partial charge on any atom is -0.512 e. The SMILES string of the molecule is CC1(C)CC(=O)C(C(C2=C(O)CC(C)(C)CC2=O)c2cccc(Cl)c2)=C(O)C1. The molecule has 2 N–H and O–H groups in total. The van der Waals surface area contributed by atoms with Gasteiger partial charge in [-0.05, 0) is 28.5 Å². The molecule has 0 saturated heterocycles. The van der Waals surface area contributed by atoms with Crippen LogP contribution < -0.4 is 0 Å². The number of aliphatic hydroxyl groups excluding tert-OH is 2. The highest BCUT2D eigenvalue weighted by atomic mass is 35.5. The van der Waals surface area contributed by atoms with Crippen molar-refractivity contribution in [3.8, 4) is 0 Å². The minimum atomic E-state index is -0.814. The summed E-state index contributed by atoms with van der Waals surface area (Å²) in [5, 5.41) is 22.1. The van der Waals surface area contributed by atoms with Crippen molar-refractivity contribution in [1.29, 1.82) is 0 Å². The third-order valence-electron chi connectivity index (χ3n) is 5.55. The van der Waals surface area contributed by atoms with Gasteiger partial charge in [-0.3, -0.25) is 9.59 Å². The highest BCUT2D eigenvalue weighted by molar-refractivity contribution is 6.30. The molecule has 1 aromatic rings. The quantitative estimate of drug-likeness (QED) is 0.667. The zero-order valence-electron chi connectivity index (χ0n) is 16.8. The molecule has 0 radical (unpaired) electrons. The number of allylic oxidation sites excluding steroid dienone is 4. The summed E-state index contributed by atoms with van der Waals surface area (Å²) in [5.74, 6) is -1.23. The second kappa shape index (κ2) is 7.07. The number of rotatable bonds is 3. The fraction of sp³-hybridized carbons (Fsp3) is 0.478. The molecule has 0 atom stereocenters. The number of carbonyl (C=O) groups is 2. The summed E-state index contributed by atoms with van der Waals surface area (Å²) < 4.78 is 0. The highest BCUT2D eigenvalue weighted by Crippen LogP contribution is 2.48. The van der Waals surface area contributed by atoms with Crippen molar-refractivity contribution in [3.05, 3.63) is 57.5 Å². The largest absolute Gasteiger partial charge is 0.512 e. The van der Waals surface area contributed by atoms with E-state index in [9.17, 15) is 19.8 Å². The number of halogens is 1. The van der Waals surface area contributed by atoms with E-state index in [1.54, 1.807) is 24.3 Å². The number of Topliss-reactive ketones (excluding diaryl/α,β-unsaturated/α-hetero) is 2. The van der Waals surface area contributed by atoms with Crippen molar-refractivity contribution in [1.82, 2.24) is 0 Å². The zero-order valence-corrected chi connectivity index (χ0v) is 17.6. The first-order chi connectivity index (χ1) is 12.9. The second-order valence-corrected chi connectivity index (χ2v) is 10.0. The van der Waals surface area contributed by atoms with Gasteiger partial charge < -0.3 is 10.2 Å². The van der Waals surface area contributed by atoms with Crippen LogP contribution in [0.1, 0.15) is 64.9 Å². The van der Waals surface area contributed by atoms with Crippen LogP contribution >= 0.6 is 11.6 Å². The summed E-state index contributed by atoms with van der Waals surface area (Å²) in [6, 6.07) is 6.92. The molecule has 2 aliphatic carbocycles. The van der Waals surface area contributed by atoms with Crippen LogP contribution in [-0.2, 0) is 9.59 Å². The Morgan fingerprint density at radius 3 is 1.71 bits per heavy atom. The second-order valence-electron chi connectivity index (χ2n) is 9.59. The Balaban J connectivity index is 2.23. The summed E-state index contributed by atoms with van der Waals surface area (Å²) >= 11 is 6.18. The van der Waals surface area contributed by atoms with Gasteiger partial charge in [-0.2, -0.15) is 0 Å². The smallest absolute Gasteiger partial charge is 0.163 e. The Morgan fingerprint density at radius 2 is 1.32 bits per heavy atom. The lowest BCUT2D eigenvalue weighted by Gasteiger charge is -2.36. The topological polar surface area (TPSA) is 74.6 Å². The molecule has 0 heterocycles.